The Morgan fingerprint density at radius 1 is 0.519 bits per heavy atom. The van der Waals surface area contributed by atoms with E-state index < -0.39 is 0 Å². The third-order valence-electron chi connectivity index (χ3n) is 5.82. The van der Waals surface area contributed by atoms with E-state index in [0.29, 0.717) is 5.92 Å². The number of hydrogen-bond donors (Lipinski definition) is 0. The lowest BCUT2D eigenvalue weighted by Crippen LogP contribution is -1.87. The molecule has 2 radical (unpaired) electrons. The minimum absolute atomic E-state index is 0.644. The van der Waals surface area contributed by atoms with E-state index in [2.05, 4.69) is 13.8 Å². The van der Waals surface area contributed by atoms with Crippen molar-refractivity contribution in [2.45, 2.75) is 148 Å². The first kappa shape index (κ1) is 26.7. The fourth-order valence-corrected chi connectivity index (χ4v) is 3.94. The Morgan fingerprint density at radius 2 is 0.778 bits per heavy atom. The molecule has 0 nitrogen and oxygen atoms in total. The predicted molar refractivity (Wildman–Crippen MR) is 125 cm³/mol. The van der Waals surface area contributed by atoms with Gasteiger partial charge in [-0.2, -0.15) is 0 Å². The molecule has 0 amide bonds. The Morgan fingerprint density at radius 3 is 1.04 bits per heavy atom. The lowest BCUT2D eigenvalue weighted by molar-refractivity contribution is 0.512. The van der Waals surface area contributed by atoms with Gasteiger partial charge in [-0.25, -0.2) is 0 Å². The summed E-state index contributed by atoms with van der Waals surface area (Å²) in [6.07, 6.45) is 33.0. The highest BCUT2D eigenvalue weighted by Gasteiger charge is 1.96. The Labute approximate surface area is 174 Å². The second-order valence-electron chi connectivity index (χ2n) is 8.99. The van der Waals surface area contributed by atoms with Gasteiger partial charge in [0.25, 0.3) is 0 Å². The van der Waals surface area contributed by atoms with Crippen molar-refractivity contribution in [3.8, 4) is 0 Å². The summed E-state index contributed by atoms with van der Waals surface area (Å²) in [7, 11) is 0. The van der Waals surface area contributed by atoms with E-state index in [1.54, 1.807) is 6.08 Å². The highest BCUT2D eigenvalue weighted by molar-refractivity contribution is 4.61. The molecule has 0 aliphatic carbocycles. The zero-order chi connectivity index (χ0) is 19.8. The summed E-state index contributed by atoms with van der Waals surface area (Å²) in [6.45, 7) is 11.7. The van der Waals surface area contributed by atoms with Gasteiger partial charge in [0.15, 0.2) is 0 Å². The number of hydrogen-bond acceptors (Lipinski definition) is 0. The van der Waals surface area contributed by atoms with E-state index in [1.807, 2.05) is 0 Å². The van der Waals surface area contributed by atoms with Crippen LogP contribution in [0.5, 0.6) is 0 Å². The van der Waals surface area contributed by atoms with Crippen LogP contribution in [-0.2, 0) is 0 Å². The Hall–Kier alpha value is -0.260. The van der Waals surface area contributed by atoms with Gasteiger partial charge >= 0.3 is 0 Å². The van der Waals surface area contributed by atoms with Crippen molar-refractivity contribution in [2.24, 2.45) is 5.92 Å². The summed E-state index contributed by atoms with van der Waals surface area (Å²) in [5.41, 5.74) is 0. The first-order chi connectivity index (χ1) is 13.3. The van der Waals surface area contributed by atoms with Crippen molar-refractivity contribution in [1.29, 1.82) is 0 Å². The van der Waals surface area contributed by atoms with E-state index in [-0.39, 0.29) is 0 Å². The van der Waals surface area contributed by atoms with Gasteiger partial charge in [-0.05, 0) is 18.8 Å². The van der Waals surface area contributed by atoms with Crippen molar-refractivity contribution < 1.29 is 0 Å². The maximum Gasteiger partial charge on any atom is -0.0348 e. The van der Waals surface area contributed by atoms with E-state index in [1.165, 1.54) is 135 Å². The summed E-state index contributed by atoms with van der Waals surface area (Å²) in [6, 6.07) is 0. The van der Waals surface area contributed by atoms with Crippen LogP contribution in [-0.4, -0.2) is 0 Å². The van der Waals surface area contributed by atoms with Crippen LogP contribution in [0, 0.1) is 19.4 Å². The van der Waals surface area contributed by atoms with Crippen LogP contribution in [0.3, 0.4) is 0 Å². The molecule has 0 spiro atoms. The Bertz CT molecular complexity index is 265. The Kier molecular flexibility index (Phi) is 23.5. The molecule has 0 N–H and O–H groups in total. The molecular formula is C27H52. The second-order valence-corrected chi connectivity index (χ2v) is 8.99. The minimum atomic E-state index is 0.644. The zero-order valence-electron chi connectivity index (χ0n) is 19.0. The molecule has 1 atom stereocenters. The molecular weight excluding hydrogens is 324 g/mol. The van der Waals surface area contributed by atoms with Crippen LogP contribution in [0.1, 0.15) is 148 Å². The third-order valence-corrected chi connectivity index (χ3v) is 5.82. The standard InChI is InChI=1S/C27H52/c1-4-5-6-7-8-9-10-11-12-13-14-15-16-17-18-19-20-21-22-23-24-25-26-27(2)3/h1,4,27H,2,5-26H2,3H3. The van der Waals surface area contributed by atoms with E-state index in [0.717, 1.165) is 6.42 Å². The highest BCUT2D eigenvalue weighted by atomic mass is 14.0. The average Bonchev–Trinajstić information content (AvgIpc) is 2.65. The van der Waals surface area contributed by atoms with Crippen molar-refractivity contribution in [1.82, 2.24) is 0 Å². The topological polar surface area (TPSA) is 0 Å². The van der Waals surface area contributed by atoms with Gasteiger partial charge in [-0.1, -0.05) is 155 Å². The van der Waals surface area contributed by atoms with Gasteiger partial charge in [0.05, 0.1) is 0 Å². The van der Waals surface area contributed by atoms with Crippen molar-refractivity contribution in [3.63, 3.8) is 0 Å². The fourth-order valence-electron chi connectivity index (χ4n) is 3.94. The minimum Gasteiger partial charge on any atom is -0.0845 e. The second kappa shape index (κ2) is 23.8. The molecule has 0 bridgehead atoms. The predicted octanol–water partition coefficient (Wildman–Crippen LogP) is 10.0. The molecule has 0 rings (SSSR count). The molecule has 0 saturated carbocycles. The smallest absolute Gasteiger partial charge is 0.0348 e. The van der Waals surface area contributed by atoms with Crippen molar-refractivity contribution in [2.75, 3.05) is 0 Å². The highest BCUT2D eigenvalue weighted by Crippen LogP contribution is 2.15. The van der Waals surface area contributed by atoms with Crippen molar-refractivity contribution in [3.05, 3.63) is 19.6 Å². The van der Waals surface area contributed by atoms with Crippen LogP contribution in [0.15, 0.2) is 6.08 Å². The molecule has 1 unspecified atom stereocenters. The molecule has 0 heteroatoms. The molecule has 0 aromatic heterocycles. The third kappa shape index (κ3) is 25.7. The molecule has 160 valence electrons. The van der Waals surface area contributed by atoms with Crippen LogP contribution in [0.25, 0.3) is 0 Å². The first-order valence-electron chi connectivity index (χ1n) is 12.6. The first-order valence-corrected chi connectivity index (χ1v) is 12.6. The van der Waals surface area contributed by atoms with Crippen LogP contribution in [0.2, 0.25) is 0 Å². The number of unbranched alkanes of at least 4 members (excludes halogenated alkanes) is 20. The fraction of sp³-hybridized carbons (Fsp3) is 0.889. The molecule has 0 aliphatic rings. The zero-order valence-corrected chi connectivity index (χ0v) is 19.0. The van der Waals surface area contributed by atoms with Gasteiger partial charge in [-0.3, -0.25) is 0 Å². The normalized spacial score (nSPS) is 11.4. The van der Waals surface area contributed by atoms with Gasteiger partial charge in [-0.15, -0.1) is 0 Å². The lowest BCUT2D eigenvalue weighted by atomic mass is 10.0. The van der Waals surface area contributed by atoms with Crippen LogP contribution >= 0.6 is 0 Å². The van der Waals surface area contributed by atoms with Gasteiger partial charge < -0.3 is 0 Å². The molecule has 0 aliphatic heterocycles. The molecule has 27 heavy (non-hydrogen) atoms. The number of allylic oxidation sites excluding steroid dienone is 1. The van der Waals surface area contributed by atoms with E-state index in [4.69, 9.17) is 6.58 Å². The quantitative estimate of drug-likeness (QED) is 0.156. The van der Waals surface area contributed by atoms with E-state index in [9.17, 15) is 0 Å². The van der Waals surface area contributed by atoms with Gasteiger partial charge in [0.1, 0.15) is 0 Å². The summed E-state index contributed by atoms with van der Waals surface area (Å²) in [5.74, 6) is 0.644. The Balaban J connectivity index is 2.98. The summed E-state index contributed by atoms with van der Waals surface area (Å²) in [4.78, 5) is 0. The van der Waals surface area contributed by atoms with E-state index >= 15 is 0 Å². The van der Waals surface area contributed by atoms with Crippen LogP contribution < -0.4 is 0 Å². The molecule has 0 fully saturated rings. The van der Waals surface area contributed by atoms with Gasteiger partial charge in [0.2, 0.25) is 0 Å². The lowest BCUT2D eigenvalue weighted by Gasteiger charge is -2.05. The van der Waals surface area contributed by atoms with Crippen LogP contribution in [0.4, 0.5) is 0 Å². The maximum absolute atomic E-state index is 5.39. The number of rotatable bonds is 23. The SMILES string of the molecule is [CH]=CCCCCCCCCCCCCCCCCCCCCCCC([CH2])C. The molecule has 0 aromatic carbocycles. The molecule has 0 saturated heterocycles. The monoisotopic (exact) mass is 376 g/mol. The summed E-state index contributed by atoms with van der Waals surface area (Å²) in [5, 5.41) is 0. The van der Waals surface area contributed by atoms with Gasteiger partial charge in [0, 0.05) is 0 Å². The molecule has 0 aromatic rings. The molecule has 0 heterocycles. The maximum atomic E-state index is 5.39. The average molecular weight is 377 g/mol. The summed E-state index contributed by atoms with van der Waals surface area (Å²) >= 11 is 0. The summed E-state index contributed by atoms with van der Waals surface area (Å²) < 4.78 is 0. The largest absolute Gasteiger partial charge is 0.0845 e. The van der Waals surface area contributed by atoms with Crippen molar-refractivity contribution >= 4 is 0 Å².